The van der Waals surface area contributed by atoms with E-state index in [1.165, 1.54) is 0 Å². The molecular formula is C14H16N2O5. The summed E-state index contributed by atoms with van der Waals surface area (Å²) in [6, 6.07) is 7.29. The van der Waals surface area contributed by atoms with Gasteiger partial charge in [-0.05, 0) is 29.8 Å². The van der Waals surface area contributed by atoms with Crippen LogP contribution in [0.1, 0.15) is 18.4 Å². The first-order valence-electron chi connectivity index (χ1n) is 6.47. The van der Waals surface area contributed by atoms with Crippen molar-refractivity contribution in [1.29, 1.82) is 0 Å². The van der Waals surface area contributed by atoms with Crippen LogP contribution in [0.3, 0.4) is 0 Å². The molecule has 2 N–H and O–H groups in total. The van der Waals surface area contributed by atoms with Gasteiger partial charge in [0.15, 0.2) is 0 Å². The summed E-state index contributed by atoms with van der Waals surface area (Å²) in [5, 5.41) is 14.9. The molecule has 1 aliphatic rings. The van der Waals surface area contributed by atoms with Crippen molar-refractivity contribution in [3.63, 3.8) is 0 Å². The van der Waals surface area contributed by atoms with Crippen LogP contribution in [0.2, 0.25) is 0 Å². The van der Waals surface area contributed by atoms with Crippen molar-refractivity contribution >= 4 is 17.6 Å². The van der Waals surface area contributed by atoms with E-state index in [2.05, 4.69) is 10.5 Å². The lowest BCUT2D eigenvalue weighted by Crippen LogP contribution is -2.36. The molecule has 1 atom stereocenters. The fourth-order valence-corrected chi connectivity index (χ4v) is 1.88. The number of nitrogens with zero attached hydrogens (tertiary/aromatic N) is 1. The molecule has 0 radical (unpaired) electrons. The minimum Gasteiger partial charge on any atom is -0.497 e. The van der Waals surface area contributed by atoms with Gasteiger partial charge in [0, 0.05) is 13.0 Å². The van der Waals surface area contributed by atoms with Crippen LogP contribution >= 0.6 is 0 Å². The molecule has 1 unspecified atom stereocenters. The van der Waals surface area contributed by atoms with Gasteiger partial charge in [0.1, 0.15) is 5.75 Å². The molecule has 7 heteroatoms. The normalized spacial score (nSPS) is 16.8. The van der Waals surface area contributed by atoms with Crippen LogP contribution in [-0.2, 0) is 14.4 Å². The van der Waals surface area contributed by atoms with E-state index in [4.69, 9.17) is 14.7 Å². The zero-order valence-electron chi connectivity index (χ0n) is 11.5. The van der Waals surface area contributed by atoms with Crippen molar-refractivity contribution in [3.05, 3.63) is 29.8 Å². The fourth-order valence-electron chi connectivity index (χ4n) is 1.88. The maximum Gasteiger partial charge on any atom is 0.305 e. The fraction of sp³-hybridized carbons (Fsp3) is 0.357. The van der Waals surface area contributed by atoms with Crippen LogP contribution in [0.15, 0.2) is 29.4 Å². The Hall–Kier alpha value is -2.57. The molecular weight excluding hydrogens is 276 g/mol. The Morgan fingerprint density at radius 2 is 2.14 bits per heavy atom. The Morgan fingerprint density at radius 1 is 1.43 bits per heavy atom. The van der Waals surface area contributed by atoms with Crippen LogP contribution in [0, 0.1) is 0 Å². The molecule has 1 aliphatic heterocycles. The molecule has 1 heterocycles. The molecule has 1 aromatic carbocycles. The maximum atomic E-state index is 11.8. The molecule has 21 heavy (non-hydrogen) atoms. The van der Waals surface area contributed by atoms with E-state index >= 15 is 0 Å². The number of methoxy groups -OCH3 is 1. The van der Waals surface area contributed by atoms with E-state index in [1.807, 2.05) is 12.1 Å². The second-order valence-electron chi connectivity index (χ2n) is 4.50. The number of carboxylic acid groups (broad SMARTS) is 1. The number of rotatable bonds is 6. The number of ether oxygens (including phenoxy) is 1. The number of carbonyl (C=O) groups excluding carboxylic acids is 1. The van der Waals surface area contributed by atoms with Crippen molar-refractivity contribution in [3.8, 4) is 5.75 Å². The van der Waals surface area contributed by atoms with Gasteiger partial charge in [-0.1, -0.05) is 5.16 Å². The first kappa shape index (κ1) is 14.8. The van der Waals surface area contributed by atoms with Gasteiger partial charge in [-0.3, -0.25) is 9.59 Å². The average molecular weight is 292 g/mol. The lowest BCUT2D eigenvalue weighted by atomic mass is 10.0. The van der Waals surface area contributed by atoms with Gasteiger partial charge >= 0.3 is 5.97 Å². The number of amides is 1. The second kappa shape index (κ2) is 6.74. The Bertz CT molecular complexity index is 553. The van der Waals surface area contributed by atoms with Crippen molar-refractivity contribution in [2.24, 2.45) is 5.16 Å². The summed E-state index contributed by atoms with van der Waals surface area (Å²) >= 11 is 0. The summed E-state index contributed by atoms with van der Waals surface area (Å²) in [6.45, 7) is 0.0753. The third kappa shape index (κ3) is 3.95. The van der Waals surface area contributed by atoms with Crippen LogP contribution in [0.4, 0.5) is 0 Å². The lowest BCUT2D eigenvalue weighted by molar-refractivity contribution is -0.137. The molecule has 0 fully saturated rings. The minimum absolute atomic E-state index is 0.0753. The minimum atomic E-state index is -0.960. The number of hydrogen-bond donors (Lipinski definition) is 2. The van der Waals surface area contributed by atoms with Gasteiger partial charge in [0.2, 0.25) is 6.10 Å². The number of oxime groups is 1. The molecule has 0 saturated carbocycles. The van der Waals surface area contributed by atoms with E-state index in [1.54, 1.807) is 19.2 Å². The molecule has 7 nitrogen and oxygen atoms in total. The summed E-state index contributed by atoms with van der Waals surface area (Å²) in [6.07, 6.45) is -0.480. The summed E-state index contributed by atoms with van der Waals surface area (Å²) in [7, 11) is 1.59. The molecule has 1 amide bonds. The topological polar surface area (TPSA) is 97.2 Å². The summed E-state index contributed by atoms with van der Waals surface area (Å²) < 4.78 is 5.07. The van der Waals surface area contributed by atoms with Crippen molar-refractivity contribution in [2.45, 2.75) is 18.9 Å². The summed E-state index contributed by atoms with van der Waals surface area (Å²) in [5.74, 6) is -0.581. The smallest absolute Gasteiger partial charge is 0.305 e. The number of nitrogens with one attached hydrogen (secondary N) is 1. The van der Waals surface area contributed by atoms with Gasteiger partial charge in [-0.2, -0.15) is 0 Å². The van der Waals surface area contributed by atoms with Crippen molar-refractivity contribution < 1.29 is 24.3 Å². The van der Waals surface area contributed by atoms with E-state index in [-0.39, 0.29) is 18.9 Å². The van der Waals surface area contributed by atoms with Crippen LogP contribution in [0.5, 0.6) is 5.75 Å². The molecule has 0 bridgehead atoms. The number of benzene rings is 1. The van der Waals surface area contributed by atoms with Crippen molar-refractivity contribution in [2.75, 3.05) is 13.7 Å². The number of aliphatic carboxylic acids is 1. The molecule has 2 rings (SSSR count). The highest BCUT2D eigenvalue weighted by Gasteiger charge is 2.28. The van der Waals surface area contributed by atoms with E-state index < -0.39 is 12.1 Å². The molecule has 112 valence electrons. The summed E-state index contributed by atoms with van der Waals surface area (Å²) in [5.41, 5.74) is 1.53. The number of carbonyl (C=O) groups is 2. The number of carboxylic acids is 1. The average Bonchev–Trinajstić information content (AvgIpc) is 2.97. The zero-order valence-corrected chi connectivity index (χ0v) is 11.5. The van der Waals surface area contributed by atoms with E-state index in [0.717, 1.165) is 11.3 Å². The first-order chi connectivity index (χ1) is 10.1. The quantitative estimate of drug-likeness (QED) is 0.807. The van der Waals surface area contributed by atoms with E-state index in [9.17, 15) is 9.59 Å². The lowest BCUT2D eigenvalue weighted by Gasteiger charge is -2.08. The molecule has 1 aromatic rings. The zero-order chi connectivity index (χ0) is 15.2. The Labute approximate surface area is 121 Å². The Balaban J connectivity index is 1.86. The molecule has 0 spiro atoms. The maximum absolute atomic E-state index is 11.8. The largest absolute Gasteiger partial charge is 0.497 e. The van der Waals surface area contributed by atoms with Crippen LogP contribution in [0.25, 0.3) is 0 Å². The van der Waals surface area contributed by atoms with Gasteiger partial charge in [0.25, 0.3) is 5.91 Å². The molecule has 0 saturated heterocycles. The monoisotopic (exact) mass is 292 g/mol. The Kier molecular flexibility index (Phi) is 4.76. The van der Waals surface area contributed by atoms with E-state index in [0.29, 0.717) is 12.1 Å². The predicted octanol–water partition coefficient (Wildman–Crippen LogP) is 0.779. The van der Waals surface area contributed by atoms with Gasteiger partial charge in [0.05, 0.1) is 19.2 Å². The Morgan fingerprint density at radius 3 is 2.76 bits per heavy atom. The third-order valence-corrected chi connectivity index (χ3v) is 3.02. The van der Waals surface area contributed by atoms with Crippen molar-refractivity contribution in [1.82, 2.24) is 5.32 Å². The summed E-state index contributed by atoms with van der Waals surface area (Å²) in [4.78, 5) is 27.3. The highest BCUT2D eigenvalue weighted by atomic mass is 16.6. The van der Waals surface area contributed by atoms with Gasteiger partial charge in [-0.25, -0.2) is 0 Å². The molecule has 0 aliphatic carbocycles. The number of hydrogen-bond acceptors (Lipinski definition) is 5. The third-order valence-electron chi connectivity index (χ3n) is 3.02. The predicted molar refractivity (Wildman–Crippen MR) is 74.3 cm³/mol. The molecule has 0 aromatic heterocycles. The second-order valence-corrected chi connectivity index (χ2v) is 4.50. The van der Waals surface area contributed by atoms with Crippen LogP contribution < -0.4 is 10.1 Å². The highest BCUT2D eigenvalue weighted by Crippen LogP contribution is 2.19. The van der Waals surface area contributed by atoms with Crippen LogP contribution in [-0.4, -0.2) is 42.5 Å². The van der Waals surface area contributed by atoms with Gasteiger partial charge < -0.3 is 20.0 Å². The SMILES string of the molecule is COc1ccc(C2=NOC(C(=O)NCCC(=O)O)C2)cc1. The highest BCUT2D eigenvalue weighted by molar-refractivity contribution is 6.04. The van der Waals surface area contributed by atoms with Gasteiger partial charge in [-0.15, -0.1) is 0 Å². The first-order valence-corrected chi connectivity index (χ1v) is 6.47. The standard InChI is InChI=1S/C14H16N2O5/c1-20-10-4-2-9(3-5-10)11-8-12(21-16-11)14(19)15-7-6-13(17)18/h2-5,12H,6-8H2,1H3,(H,15,19)(H,17,18).